The third-order valence-electron chi connectivity index (χ3n) is 7.23. The molecule has 0 atom stereocenters. The number of fused-ring (bicyclic) bond motifs is 9. The Morgan fingerprint density at radius 3 is 1.89 bits per heavy atom. The molecule has 0 amide bonds. The molecule has 174 valence electrons. The molecule has 8 aromatic rings. The van der Waals surface area contributed by atoms with E-state index in [1.807, 2.05) is 11.3 Å². The number of anilines is 3. The average molecular weight is 492 g/mol. The summed E-state index contributed by atoms with van der Waals surface area (Å²) < 4.78 is 9.00. The molecule has 6 aromatic carbocycles. The SMILES string of the molecule is c1ccc(N(c2ccccc2)c2ccc3oc4ccc5c6ccc7ccccc7c6sc5c4c3c2)cc1. The van der Waals surface area contributed by atoms with Crippen molar-refractivity contribution in [2.24, 2.45) is 0 Å². The van der Waals surface area contributed by atoms with E-state index < -0.39 is 0 Å². The number of benzene rings is 6. The molecule has 0 radical (unpaired) electrons. The van der Waals surface area contributed by atoms with Crippen molar-refractivity contribution in [2.75, 3.05) is 4.90 Å². The zero-order chi connectivity index (χ0) is 24.3. The lowest BCUT2D eigenvalue weighted by Gasteiger charge is -2.25. The van der Waals surface area contributed by atoms with E-state index in [2.05, 4.69) is 132 Å². The summed E-state index contributed by atoms with van der Waals surface area (Å²) in [4.78, 5) is 2.30. The largest absolute Gasteiger partial charge is 0.456 e. The summed E-state index contributed by atoms with van der Waals surface area (Å²) in [5.74, 6) is 0. The quantitative estimate of drug-likeness (QED) is 0.244. The summed E-state index contributed by atoms with van der Waals surface area (Å²) >= 11 is 1.87. The van der Waals surface area contributed by atoms with Crippen molar-refractivity contribution >= 4 is 81.3 Å². The summed E-state index contributed by atoms with van der Waals surface area (Å²) in [6.45, 7) is 0. The molecule has 0 aliphatic rings. The van der Waals surface area contributed by atoms with E-state index in [-0.39, 0.29) is 0 Å². The van der Waals surface area contributed by atoms with Gasteiger partial charge in [0.1, 0.15) is 11.2 Å². The first-order valence-electron chi connectivity index (χ1n) is 12.4. The second-order valence-electron chi connectivity index (χ2n) is 9.37. The van der Waals surface area contributed by atoms with Gasteiger partial charge in [-0.25, -0.2) is 0 Å². The van der Waals surface area contributed by atoms with E-state index in [4.69, 9.17) is 4.42 Å². The molecule has 3 heteroatoms. The molecule has 0 bridgehead atoms. The standard InChI is InChI=1S/C34H21NOS/c1-3-10-23(11-4-1)35(24-12-5-2-6-13-24)25-16-19-30-29(21-25)32-31(36-30)20-18-28-27-17-15-22-9-7-8-14-26(22)33(27)37-34(28)32/h1-21H. The van der Waals surface area contributed by atoms with E-state index in [0.29, 0.717) is 0 Å². The van der Waals surface area contributed by atoms with E-state index in [1.165, 1.54) is 36.3 Å². The third-order valence-corrected chi connectivity index (χ3v) is 8.50. The molecule has 0 spiro atoms. The van der Waals surface area contributed by atoms with Crippen molar-refractivity contribution in [2.45, 2.75) is 0 Å². The first-order chi connectivity index (χ1) is 18.3. The Kier molecular flexibility index (Phi) is 4.42. The van der Waals surface area contributed by atoms with Crippen LogP contribution in [0.1, 0.15) is 0 Å². The smallest absolute Gasteiger partial charge is 0.136 e. The Morgan fingerprint density at radius 2 is 1.11 bits per heavy atom. The van der Waals surface area contributed by atoms with E-state index in [0.717, 1.165) is 33.6 Å². The van der Waals surface area contributed by atoms with Gasteiger partial charge in [0, 0.05) is 48.0 Å². The molecule has 0 unspecified atom stereocenters. The van der Waals surface area contributed by atoms with Crippen LogP contribution in [-0.4, -0.2) is 0 Å². The zero-order valence-corrected chi connectivity index (χ0v) is 20.7. The van der Waals surface area contributed by atoms with Crippen LogP contribution < -0.4 is 4.90 Å². The molecule has 8 rings (SSSR count). The van der Waals surface area contributed by atoms with E-state index in [9.17, 15) is 0 Å². The molecule has 0 aliphatic carbocycles. The predicted octanol–water partition coefficient (Wildman–Crippen LogP) is 10.6. The Balaban J connectivity index is 1.43. The van der Waals surface area contributed by atoms with Crippen LogP contribution in [0.15, 0.2) is 132 Å². The van der Waals surface area contributed by atoms with Gasteiger partial charge in [-0.3, -0.25) is 0 Å². The molecule has 2 aromatic heterocycles. The third kappa shape index (κ3) is 3.11. The molecule has 0 aliphatic heterocycles. The molecule has 2 nitrogen and oxygen atoms in total. The Bertz CT molecular complexity index is 2050. The molecule has 37 heavy (non-hydrogen) atoms. The first kappa shape index (κ1) is 20.6. The number of furan rings is 1. The van der Waals surface area contributed by atoms with Crippen molar-refractivity contribution in [3.05, 3.63) is 127 Å². The fourth-order valence-electron chi connectivity index (χ4n) is 5.55. The van der Waals surface area contributed by atoms with Gasteiger partial charge >= 0.3 is 0 Å². The van der Waals surface area contributed by atoms with Gasteiger partial charge in [-0.2, -0.15) is 0 Å². The Labute approximate surface area is 217 Å². The highest BCUT2D eigenvalue weighted by atomic mass is 32.1. The van der Waals surface area contributed by atoms with Gasteiger partial charge in [0.2, 0.25) is 0 Å². The lowest BCUT2D eigenvalue weighted by molar-refractivity contribution is 0.669. The second kappa shape index (κ2) is 7.95. The number of hydrogen-bond donors (Lipinski definition) is 0. The maximum atomic E-state index is 6.38. The van der Waals surface area contributed by atoms with Crippen LogP contribution in [0.4, 0.5) is 17.1 Å². The summed E-state index contributed by atoms with van der Waals surface area (Å²) in [7, 11) is 0. The summed E-state index contributed by atoms with van der Waals surface area (Å²) in [5, 5.41) is 7.52. The normalized spacial score (nSPS) is 11.8. The maximum absolute atomic E-state index is 6.38. The number of nitrogens with zero attached hydrogens (tertiary/aromatic N) is 1. The molecule has 0 fully saturated rings. The van der Waals surface area contributed by atoms with Crippen molar-refractivity contribution in [1.82, 2.24) is 0 Å². The lowest BCUT2D eigenvalue weighted by Crippen LogP contribution is -2.09. The van der Waals surface area contributed by atoms with Crippen LogP contribution in [0.5, 0.6) is 0 Å². The number of thiophene rings is 1. The predicted molar refractivity (Wildman–Crippen MR) is 159 cm³/mol. The van der Waals surface area contributed by atoms with E-state index in [1.54, 1.807) is 0 Å². The summed E-state index contributed by atoms with van der Waals surface area (Å²) in [6.07, 6.45) is 0. The zero-order valence-electron chi connectivity index (χ0n) is 19.9. The van der Waals surface area contributed by atoms with Crippen molar-refractivity contribution < 1.29 is 4.42 Å². The van der Waals surface area contributed by atoms with Crippen molar-refractivity contribution in [3.63, 3.8) is 0 Å². The van der Waals surface area contributed by atoms with Gasteiger partial charge in [0.15, 0.2) is 0 Å². The van der Waals surface area contributed by atoms with Crippen LogP contribution in [0.3, 0.4) is 0 Å². The monoisotopic (exact) mass is 491 g/mol. The Morgan fingerprint density at radius 1 is 0.459 bits per heavy atom. The minimum Gasteiger partial charge on any atom is -0.456 e. The molecular formula is C34H21NOS. The molecule has 0 saturated heterocycles. The van der Waals surface area contributed by atoms with Gasteiger partial charge < -0.3 is 9.32 Å². The van der Waals surface area contributed by atoms with Gasteiger partial charge in [-0.1, -0.05) is 72.8 Å². The molecule has 2 heterocycles. The maximum Gasteiger partial charge on any atom is 0.136 e. The van der Waals surface area contributed by atoms with Gasteiger partial charge in [-0.05, 0) is 65.4 Å². The molecule has 0 N–H and O–H groups in total. The van der Waals surface area contributed by atoms with Crippen molar-refractivity contribution in [1.29, 1.82) is 0 Å². The van der Waals surface area contributed by atoms with Gasteiger partial charge in [0.25, 0.3) is 0 Å². The minimum absolute atomic E-state index is 0.912. The second-order valence-corrected chi connectivity index (χ2v) is 10.4. The average Bonchev–Trinajstić information content (AvgIpc) is 3.52. The highest BCUT2D eigenvalue weighted by Gasteiger charge is 2.18. The van der Waals surface area contributed by atoms with Crippen LogP contribution in [0.25, 0.3) is 52.9 Å². The highest BCUT2D eigenvalue weighted by Crippen LogP contribution is 2.45. The topological polar surface area (TPSA) is 16.4 Å². The van der Waals surface area contributed by atoms with Gasteiger partial charge in [-0.15, -0.1) is 11.3 Å². The molecular weight excluding hydrogens is 470 g/mol. The van der Waals surface area contributed by atoms with Crippen molar-refractivity contribution in [3.8, 4) is 0 Å². The molecule has 0 saturated carbocycles. The minimum atomic E-state index is 0.912. The summed E-state index contributed by atoms with van der Waals surface area (Å²) in [6, 6.07) is 45.1. The number of hydrogen-bond acceptors (Lipinski definition) is 3. The first-order valence-corrected chi connectivity index (χ1v) is 13.3. The van der Waals surface area contributed by atoms with E-state index >= 15 is 0 Å². The summed E-state index contributed by atoms with van der Waals surface area (Å²) in [5.41, 5.74) is 5.20. The van der Waals surface area contributed by atoms with Crippen LogP contribution in [0, 0.1) is 0 Å². The number of para-hydroxylation sites is 2. The number of rotatable bonds is 3. The fraction of sp³-hybridized carbons (Fsp3) is 0. The van der Waals surface area contributed by atoms with Crippen LogP contribution >= 0.6 is 11.3 Å². The van der Waals surface area contributed by atoms with Gasteiger partial charge in [0.05, 0.1) is 0 Å². The lowest BCUT2D eigenvalue weighted by atomic mass is 10.0. The Hall–Kier alpha value is -4.60. The van der Waals surface area contributed by atoms with Crippen LogP contribution in [0.2, 0.25) is 0 Å². The van der Waals surface area contributed by atoms with Crippen LogP contribution in [-0.2, 0) is 0 Å². The highest BCUT2D eigenvalue weighted by molar-refractivity contribution is 7.27. The fourth-order valence-corrected chi connectivity index (χ4v) is 6.94.